The Morgan fingerprint density at radius 2 is 1.43 bits per heavy atom. The lowest BCUT2D eigenvalue weighted by Crippen LogP contribution is -2.04. The van der Waals surface area contributed by atoms with Crippen molar-refractivity contribution in [1.82, 2.24) is 0 Å². The molecule has 3 aromatic carbocycles. The minimum absolute atomic E-state index is 0.262. The highest BCUT2D eigenvalue weighted by Crippen LogP contribution is 2.61. The van der Waals surface area contributed by atoms with Crippen molar-refractivity contribution >= 4 is 10.8 Å². The van der Waals surface area contributed by atoms with Gasteiger partial charge in [-0.3, -0.25) is 0 Å². The quantitative estimate of drug-likeness (QED) is 0.509. The van der Waals surface area contributed by atoms with Crippen LogP contribution in [0.1, 0.15) is 34.5 Å². The number of ether oxygens (including phenoxy) is 1. The smallest absolute Gasteiger partial charge is 0.115 e. The average Bonchev–Trinajstić information content (AvgIpc) is 3.32. The van der Waals surface area contributed by atoms with Crippen molar-refractivity contribution in [3.05, 3.63) is 70.8 Å². The van der Waals surface area contributed by atoms with Crippen LogP contribution in [0.3, 0.4) is 0 Å². The zero-order valence-electron chi connectivity index (χ0n) is 12.2. The van der Waals surface area contributed by atoms with Crippen LogP contribution in [-0.2, 0) is 4.74 Å². The number of hydrogen-bond donors (Lipinski definition) is 0. The second-order valence-corrected chi connectivity index (χ2v) is 6.15. The van der Waals surface area contributed by atoms with Gasteiger partial charge in [-0.15, -0.1) is 0 Å². The molecule has 2 aliphatic rings. The van der Waals surface area contributed by atoms with Crippen LogP contribution < -0.4 is 0 Å². The van der Waals surface area contributed by atoms with E-state index in [9.17, 15) is 0 Å². The molecule has 0 amide bonds. The molecule has 1 fully saturated rings. The summed E-state index contributed by atoms with van der Waals surface area (Å²) in [7, 11) is 0. The molecule has 1 saturated heterocycles. The molecule has 0 aromatic heterocycles. The van der Waals surface area contributed by atoms with Crippen LogP contribution >= 0.6 is 0 Å². The summed E-state index contributed by atoms with van der Waals surface area (Å²) in [6, 6.07) is 17.4. The fourth-order valence-electron chi connectivity index (χ4n) is 4.05. The highest BCUT2D eigenvalue weighted by Gasteiger charge is 2.48. The molecule has 2 atom stereocenters. The molecule has 0 radical (unpaired) electrons. The first-order valence-corrected chi connectivity index (χ1v) is 7.54. The molecule has 3 aromatic rings. The van der Waals surface area contributed by atoms with Gasteiger partial charge in [0, 0.05) is 0 Å². The van der Waals surface area contributed by atoms with Crippen LogP contribution in [0.4, 0.5) is 0 Å². The Morgan fingerprint density at radius 1 is 0.762 bits per heavy atom. The molecule has 0 saturated carbocycles. The van der Waals surface area contributed by atoms with E-state index < -0.39 is 0 Å². The summed E-state index contributed by atoms with van der Waals surface area (Å²) in [4.78, 5) is 0. The minimum Gasteiger partial charge on any atom is -0.359 e. The molecule has 1 aliphatic heterocycles. The van der Waals surface area contributed by atoms with Crippen molar-refractivity contribution in [2.24, 2.45) is 0 Å². The summed E-state index contributed by atoms with van der Waals surface area (Å²) in [5.74, 6) is 0. The standard InChI is InChI=1S/C20H16O/c1-11-13-7-3-4-8-14(13)12(2)18-17(11)15-9-5-6-10-16(15)19-20(18)21-19/h3-10,19-20H,1-2H3. The monoisotopic (exact) mass is 272 g/mol. The number of hydrogen-bond acceptors (Lipinski definition) is 1. The van der Waals surface area contributed by atoms with Gasteiger partial charge in [0.25, 0.3) is 0 Å². The number of epoxide rings is 1. The van der Waals surface area contributed by atoms with Crippen LogP contribution in [0.15, 0.2) is 48.5 Å². The zero-order valence-corrected chi connectivity index (χ0v) is 12.2. The van der Waals surface area contributed by atoms with E-state index in [1.807, 2.05) is 0 Å². The van der Waals surface area contributed by atoms with Gasteiger partial charge in [0.15, 0.2) is 0 Å². The van der Waals surface area contributed by atoms with Gasteiger partial charge in [0.05, 0.1) is 0 Å². The Kier molecular flexibility index (Phi) is 2.06. The molecule has 1 heteroatoms. The molecular weight excluding hydrogens is 256 g/mol. The normalized spacial score (nSPS) is 21.6. The maximum atomic E-state index is 6.02. The summed E-state index contributed by atoms with van der Waals surface area (Å²) >= 11 is 0. The summed E-state index contributed by atoms with van der Waals surface area (Å²) in [5.41, 5.74) is 8.29. The molecule has 1 aliphatic carbocycles. The van der Waals surface area contributed by atoms with Crippen molar-refractivity contribution in [2.75, 3.05) is 0 Å². The van der Waals surface area contributed by atoms with E-state index >= 15 is 0 Å². The third-order valence-corrected chi connectivity index (χ3v) is 5.10. The van der Waals surface area contributed by atoms with E-state index in [1.54, 1.807) is 0 Å². The Balaban J connectivity index is 2.00. The summed E-state index contributed by atoms with van der Waals surface area (Å²) in [5, 5.41) is 2.73. The lowest BCUT2D eigenvalue weighted by atomic mass is 9.79. The molecule has 1 heterocycles. The second-order valence-electron chi connectivity index (χ2n) is 6.15. The van der Waals surface area contributed by atoms with Gasteiger partial charge in [0.1, 0.15) is 12.2 Å². The average molecular weight is 272 g/mol. The summed E-state index contributed by atoms with van der Waals surface area (Å²) < 4.78 is 6.02. The van der Waals surface area contributed by atoms with Crippen molar-refractivity contribution in [1.29, 1.82) is 0 Å². The molecule has 5 rings (SSSR count). The molecule has 0 bridgehead atoms. The van der Waals surface area contributed by atoms with Crippen LogP contribution in [-0.4, -0.2) is 0 Å². The predicted molar refractivity (Wildman–Crippen MR) is 85.4 cm³/mol. The van der Waals surface area contributed by atoms with Crippen molar-refractivity contribution in [3.63, 3.8) is 0 Å². The number of rotatable bonds is 0. The molecule has 2 unspecified atom stereocenters. The Labute approximate surface area is 124 Å². The van der Waals surface area contributed by atoms with Gasteiger partial charge in [-0.2, -0.15) is 0 Å². The van der Waals surface area contributed by atoms with Gasteiger partial charge in [-0.05, 0) is 58.0 Å². The molecule has 102 valence electrons. The molecule has 1 nitrogen and oxygen atoms in total. The Hall–Kier alpha value is -2.12. The van der Waals surface area contributed by atoms with Gasteiger partial charge in [-0.1, -0.05) is 48.5 Å². The molecule has 0 N–H and O–H groups in total. The third-order valence-electron chi connectivity index (χ3n) is 5.10. The van der Waals surface area contributed by atoms with Crippen LogP contribution in [0.5, 0.6) is 0 Å². The second kappa shape index (κ2) is 3.75. The zero-order chi connectivity index (χ0) is 14.1. The lowest BCUT2D eigenvalue weighted by molar-refractivity contribution is 0.380. The number of fused-ring (bicyclic) bond motifs is 7. The Morgan fingerprint density at radius 3 is 2.24 bits per heavy atom. The van der Waals surface area contributed by atoms with E-state index in [2.05, 4.69) is 62.4 Å². The van der Waals surface area contributed by atoms with E-state index in [1.165, 1.54) is 44.2 Å². The highest BCUT2D eigenvalue weighted by molar-refractivity contribution is 5.97. The maximum absolute atomic E-state index is 6.02. The fraction of sp³-hybridized carbons (Fsp3) is 0.200. The van der Waals surface area contributed by atoms with Crippen LogP contribution in [0.2, 0.25) is 0 Å². The first-order chi connectivity index (χ1) is 10.3. The van der Waals surface area contributed by atoms with Gasteiger partial charge in [0.2, 0.25) is 0 Å². The van der Waals surface area contributed by atoms with Crippen LogP contribution in [0.25, 0.3) is 21.9 Å². The third kappa shape index (κ3) is 1.35. The first-order valence-electron chi connectivity index (χ1n) is 7.54. The van der Waals surface area contributed by atoms with E-state index in [4.69, 9.17) is 4.74 Å². The van der Waals surface area contributed by atoms with E-state index in [0.717, 1.165) is 0 Å². The van der Waals surface area contributed by atoms with Crippen molar-refractivity contribution in [2.45, 2.75) is 26.1 Å². The van der Waals surface area contributed by atoms with E-state index in [0.29, 0.717) is 0 Å². The van der Waals surface area contributed by atoms with Crippen molar-refractivity contribution < 1.29 is 4.74 Å². The Bertz CT molecular complexity index is 907. The summed E-state index contributed by atoms with van der Waals surface area (Å²) in [6.07, 6.45) is 0.533. The van der Waals surface area contributed by atoms with E-state index in [-0.39, 0.29) is 12.2 Å². The molecule has 21 heavy (non-hydrogen) atoms. The lowest BCUT2D eigenvalue weighted by Gasteiger charge is -2.23. The highest BCUT2D eigenvalue weighted by atomic mass is 16.6. The molecular formula is C20H16O. The van der Waals surface area contributed by atoms with Crippen LogP contribution in [0, 0.1) is 13.8 Å². The first kappa shape index (κ1) is 11.5. The van der Waals surface area contributed by atoms with Gasteiger partial charge < -0.3 is 4.74 Å². The van der Waals surface area contributed by atoms with Gasteiger partial charge in [-0.25, -0.2) is 0 Å². The summed E-state index contributed by atoms with van der Waals surface area (Å²) in [6.45, 7) is 4.49. The minimum atomic E-state index is 0.262. The van der Waals surface area contributed by atoms with Crippen molar-refractivity contribution in [3.8, 4) is 11.1 Å². The van der Waals surface area contributed by atoms with Gasteiger partial charge >= 0.3 is 0 Å². The topological polar surface area (TPSA) is 12.5 Å². The SMILES string of the molecule is Cc1c2c(c(C)c3ccccc13)C1OC1c1ccccc1-2. The maximum Gasteiger partial charge on any atom is 0.115 e. The number of benzene rings is 3. The molecule has 0 spiro atoms. The largest absolute Gasteiger partial charge is 0.359 e. The number of aryl methyl sites for hydroxylation is 2. The fourth-order valence-corrected chi connectivity index (χ4v) is 4.05. The predicted octanol–water partition coefficient (Wildman–Crippen LogP) is 5.25.